The first kappa shape index (κ1) is 13.9. The summed E-state index contributed by atoms with van der Waals surface area (Å²) in [5.74, 6) is 2.38. The Morgan fingerprint density at radius 3 is 3.05 bits per heavy atom. The Bertz CT molecular complexity index is 389. The molecular formula is C14H23N3O2. The second-order valence-electron chi connectivity index (χ2n) is 4.96. The summed E-state index contributed by atoms with van der Waals surface area (Å²) in [4.78, 5) is 4.21. The average molecular weight is 265 g/mol. The van der Waals surface area contributed by atoms with Crippen LogP contribution in [0.1, 0.15) is 25.5 Å². The molecule has 0 saturated carbocycles. The first-order valence-corrected chi connectivity index (χ1v) is 6.86. The molecule has 106 valence electrons. The molecule has 1 aliphatic rings. The summed E-state index contributed by atoms with van der Waals surface area (Å²) < 4.78 is 10.8. The molecule has 1 fully saturated rings. The van der Waals surface area contributed by atoms with E-state index in [2.05, 4.69) is 22.5 Å². The van der Waals surface area contributed by atoms with E-state index in [0.29, 0.717) is 18.6 Å². The Morgan fingerprint density at radius 1 is 1.47 bits per heavy atom. The summed E-state index contributed by atoms with van der Waals surface area (Å²) in [7, 11) is 1.78. The van der Waals surface area contributed by atoms with E-state index in [1.54, 1.807) is 13.3 Å². The van der Waals surface area contributed by atoms with Gasteiger partial charge in [0.05, 0.1) is 18.9 Å². The maximum Gasteiger partial charge on any atom is 0.191 e. The van der Waals surface area contributed by atoms with Crippen molar-refractivity contribution < 1.29 is 9.15 Å². The fraction of sp³-hybridized carbons (Fsp3) is 0.643. The molecule has 0 bridgehead atoms. The lowest BCUT2D eigenvalue weighted by Gasteiger charge is -2.27. The average Bonchev–Trinajstić information content (AvgIpc) is 2.92. The van der Waals surface area contributed by atoms with Crippen molar-refractivity contribution in [1.29, 1.82) is 0 Å². The lowest BCUT2D eigenvalue weighted by Crippen LogP contribution is -2.41. The largest absolute Gasteiger partial charge is 0.467 e. The molecule has 19 heavy (non-hydrogen) atoms. The fourth-order valence-electron chi connectivity index (χ4n) is 2.32. The third-order valence-electron chi connectivity index (χ3n) is 3.39. The Hall–Kier alpha value is -1.49. The molecule has 5 nitrogen and oxygen atoms in total. The van der Waals surface area contributed by atoms with E-state index in [0.717, 1.165) is 37.7 Å². The van der Waals surface area contributed by atoms with Crippen LogP contribution in [0.3, 0.4) is 0 Å². The van der Waals surface area contributed by atoms with Crippen LogP contribution < -0.4 is 10.6 Å². The zero-order chi connectivity index (χ0) is 13.5. The maximum atomic E-state index is 5.55. The third kappa shape index (κ3) is 4.59. The van der Waals surface area contributed by atoms with E-state index in [4.69, 9.17) is 9.15 Å². The predicted octanol–water partition coefficient (Wildman–Crippen LogP) is 1.76. The first-order valence-electron chi connectivity index (χ1n) is 6.86. The van der Waals surface area contributed by atoms with Crippen LogP contribution in [0.25, 0.3) is 0 Å². The van der Waals surface area contributed by atoms with Crippen LogP contribution in [0.15, 0.2) is 27.8 Å². The minimum Gasteiger partial charge on any atom is -0.467 e. The minimum atomic E-state index is 0.374. The molecule has 5 heteroatoms. The number of rotatable bonds is 4. The molecule has 1 saturated heterocycles. The number of nitrogens with one attached hydrogen (secondary N) is 2. The van der Waals surface area contributed by atoms with Crippen molar-refractivity contribution in [3.05, 3.63) is 24.2 Å². The van der Waals surface area contributed by atoms with E-state index in [9.17, 15) is 0 Å². The Labute approximate surface area is 114 Å². The first-order chi connectivity index (χ1) is 9.28. The van der Waals surface area contributed by atoms with Crippen molar-refractivity contribution >= 4 is 5.96 Å². The normalized spacial score (nSPS) is 24.2. The van der Waals surface area contributed by atoms with Crippen molar-refractivity contribution in [3.8, 4) is 0 Å². The van der Waals surface area contributed by atoms with E-state index >= 15 is 0 Å². The zero-order valence-electron chi connectivity index (χ0n) is 11.7. The lowest BCUT2D eigenvalue weighted by atomic mass is 9.96. The van der Waals surface area contributed by atoms with Crippen LogP contribution in [0.2, 0.25) is 0 Å². The smallest absolute Gasteiger partial charge is 0.191 e. The topological polar surface area (TPSA) is 58.8 Å². The van der Waals surface area contributed by atoms with Crippen molar-refractivity contribution in [2.45, 2.75) is 32.4 Å². The van der Waals surface area contributed by atoms with Crippen molar-refractivity contribution in [1.82, 2.24) is 10.6 Å². The van der Waals surface area contributed by atoms with Crippen LogP contribution in [-0.4, -0.2) is 32.3 Å². The minimum absolute atomic E-state index is 0.374. The van der Waals surface area contributed by atoms with Crippen LogP contribution in [-0.2, 0) is 11.3 Å². The molecule has 1 aliphatic heterocycles. The van der Waals surface area contributed by atoms with Gasteiger partial charge in [0.1, 0.15) is 5.76 Å². The van der Waals surface area contributed by atoms with Gasteiger partial charge in [-0.15, -0.1) is 0 Å². The van der Waals surface area contributed by atoms with Gasteiger partial charge < -0.3 is 19.8 Å². The van der Waals surface area contributed by atoms with E-state index < -0.39 is 0 Å². The summed E-state index contributed by atoms with van der Waals surface area (Å²) >= 11 is 0. The molecule has 0 aromatic carbocycles. The van der Waals surface area contributed by atoms with Gasteiger partial charge in [0, 0.05) is 20.2 Å². The Morgan fingerprint density at radius 2 is 2.37 bits per heavy atom. The highest BCUT2D eigenvalue weighted by molar-refractivity contribution is 5.79. The van der Waals surface area contributed by atoms with E-state index in [1.165, 1.54) is 0 Å². The SMILES string of the molecule is CN=C(NCc1ccco1)NC[C@@H]1CCO[C@H](C)C1. The molecule has 0 radical (unpaired) electrons. The highest BCUT2D eigenvalue weighted by atomic mass is 16.5. The lowest BCUT2D eigenvalue weighted by molar-refractivity contribution is 0.00378. The van der Waals surface area contributed by atoms with Gasteiger partial charge in [0.15, 0.2) is 5.96 Å². The van der Waals surface area contributed by atoms with Crippen LogP contribution in [0.4, 0.5) is 0 Å². The van der Waals surface area contributed by atoms with Crippen molar-refractivity contribution in [3.63, 3.8) is 0 Å². The second kappa shape index (κ2) is 7.19. The van der Waals surface area contributed by atoms with Crippen molar-refractivity contribution in [2.75, 3.05) is 20.2 Å². The van der Waals surface area contributed by atoms with Gasteiger partial charge in [-0.25, -0.2) is 0 Å². The molecular weight excluding hydrogens is 242 g/mol. The predicted molar refractivity (Wildman–Crippen MR) is 75.0 cm³/mol. The molecule has 0 spiro atoms. The molecule has 0 unspecified atom stereocenters. The number of hydrogen-bond donors (Lipinski definition) is 2. The summed E-state index contributed by atoms with van der Waals surface area (Å²) in [5, 5.41) is 6.60. The Balaban J connectivity index is 1.70. The van der Waals surface area contributed by atoms with Gasteiger partial charge in [-0.1, -0.05) is 0 Å². The summed E-state index contributed by atoms with van der Waals surface area (Å²) in [5.41, 5.74) is 0. The molecule has 2 atom stereocenters. The highest BCUT2D eigenvalue weighted by Gasteiger charge is 2.19. The van der Waals surface area contributed by atoms with Crippen molar-refractivity contribution in [2.24, 2.45) is 10.9 Å². The zero-order valence-corrected chi connectivity index (χ0v) is 11.7. The van der Waals surface area contributed by atoms with E-state index in [-0.39, 0.29) is 0 Å². The van der Waals surface area contributed by atoms with Gasteiger partial charge in [0.25, 0.3) is 0 Å². The molecule has 2 heterocycles. The number of ether oxygens (including phenoxy) is 1. The second-order valence-corrected chi connectivity index (χ2v) is 4.96. The Kier molecular flexibility index (Phi) is 5.27. The van der Waals surface area contributed by atoms with E-state index in [1.807, 2.05) is 12.1 Å². The highest BCUT2D eigenvalue weighted by Crippen LogP contribution is 2.18. The number of hydrogen-bond acceptors (Lipinski definition) is 3. The standard InChI is InChI=1S/C14H23N3O2/c1-11-8-12(5-7-18-11)9-16-14(15-2)17-10-13-4-3-6-19-13/h3-4,6,11-12H,5,7-10H2,1-2H3,(H2,15,16,17)/t11-,12-/m1/s1. The quantitative estimate of drug-likeness (QED) is 0.643. The summed E-state index contributed by atoms with van der Waals surface area (Å²) in [6.07, 6.45) is 4.28. The fourth-order valence-corrected chi connectivity index (χ4v) is 2.32. The monoisotopic (exact) mass is 265 g/mol. The van der Waals surface area contributed by atoms with Gasteiger partial charge >= 0.3 is 0 Å². The maximum absolute atomic E-state index is 5.55. The molecule has 2 rings (SSSR count). The summed E-state index contributed by atoms with van der Waals surface area (Å²) in [6.45, 7) is 4.59. The van der Waals surface area contributed by atoms with Gasteiger partial charge in [-0.05, 0) is 37.8 Å². The number of furan rings is 1. The summed E-state index contributed by atoms with van der Waals surface area (Å²) in [6, 6.07) is 3.83. The van der Waals surface area contributed by atoms with Gasteiger partial charge in [-0.2, -0.15) is 0 Å². The van der Waals surface area contributed by atoms with Gasteiger partial charge in [0.2, 0.25) is 0 Å². The van der Waals surface area contributed by atoms with Crippen LogP contribution in [0.5, 0.6) is 0 Å². The molecule has 0 amide bonds. The molecule has 1 aromatic rings. The molecule has 2 N–H and O–H groups in total. The number of guanidine groups is 1. The number of nitrogens with zero attached hydrogens (tertiary/aromatic N) is 1. The molecule has 1 aromatic heterocycles. The molecule has 0 aliphatic carbocycles. The van der Waals surface area contributed by atoms with Crippen LogP contribution >= 0.6 is 0 Å². The van der Waals surface area contributed by atoms with Gasteiger partial charge in [-0.3, -0.25) is 4.99 Å². The third-order valence-corrected chi connectivity index (χ3v) is 3.39. The van der Waals surface area contributed by atoms with Crippen LogP contribution in [0, 0.1) is 5.92 Å². The number of aliphatic imine (C=N–C) groups is 1.